The van der Waals surface area contributed by atoms with E-state index in [1.807, 2.05) is 20.8 Å². The van der Waals surface area contributed by atoms with Gasteiger partial charge < -0.3 is 9.84 Å². The Morgan fingerprint density at radius 2 is 1.89 bits per heavy atom. The van der Waals surface area contributed by atoms with Crippen LogP contribution in [0.3, 0.4) is 0 Å². The van der Waals surface area contributed by atoms with E-state index >= 15 is 0 Å². The maximum Gasteiger partial charge on any atom is 0.325 e. The molecule has 2 atom stereocenters. The molecule has 6 nitrogen and oxygen atoms in total. The molecule has 0 aliphatic carbocycles. The van der Waals surface area contributed by atoms with Crippen LogP contribution in [0.1, 0.15) is 34.1 Å². The van der Waals surface area contributed by atoms with E-state index in [0.29, 0.717) is 0 Å². The number of hydrogen-bond acceptors (Lipinski definition) is 5. The molecule has 0 saturated heterocycles. The molecule has 0 heterocycles. The minimum atomic E-state index is -3.81. The van der Waals surface area contributed by atoms with Gasteiger partial charge in [-0.2, -0.15) is 0 Å². The number of methoxy groups -OCH3 is 1. The van der Waals surface area contributed by atoms with Crippen molar-refractivity contribution < 1.29 is 23.1 Å². The van der Waals surface area contributed by atoms with E-state index < -0.39 is 27.3 Å². The van der Waals surface area contributed by atoms with Gasteiger partial charge in [0.05, 0.1) is 7.11 Å². The summed E-state index contributed by atoms with van der Waals surface area (Å²) in [6.07, 6.45) is 0.288. The zero-order valence-corrected chi connectivity index (χ0v) is 12.4. The van der Waals surface area contributed by atoms with E-state index in [2.05, 4.69) is 9.46 Å². The van der Waals surface area contributed by atoms with Crippen molar-refractivity contribution in [2.45, 2.75) is 45.4 Å². The van der Waals surface area contributed by atoms with Crippen molar-refractivity contribution in [1.82, 2.24) is 4.72 Å². The number of aliphatic hydroxyl groups is 1. The standard InChI is InChI=1S/C11H23NO5S/c1-8(10(14)17-5)18(15,16)12-9(6-7-13)11(2,3)4/h8-9,12-13H,6-7H2,1-5H3. The largest absolute Gasteiger partial charge is 0.468 e. The molecule has 0 radical (unpaired) electrons. The highest BCUT2D eigenvalue weighted by atomic mass is 32.2. The summed E-state index contributed by atoms with van der Waals surface area (Å²) in [6, 6.07) is -0.445. The topological polar surface area (TPSA) is 92.7 Å². The summed E-state index contributed by atoms with van der Waals surface area (Å²) in [4.78, 5) is 11.3. The van der Waals surface area contributed by atoms with E-state index in [-0.39, 0.29) is 18.4 Å². The van der Waals surface area contributed by atoms with Crippen molar-refractivity contribution >= 4 is 16.0 Å². The lowest BCUT2D eigenvalue weighted by Crippen LogP contribution is -2.48. The Kier molecular flexibility index (Phi) is 6.25. The fraction of sp³-hybridized carbons (Fsp3) is 0.909. The zero-order valence-electron chi connectivity index (χ0n) is 11.6. The Balaban J connectivity index is 4.98. The van der Waals surface area contributed by atoms with Crippen LogP contribution in [0.15, 0.2) is 0 Å². The fourth-order valence-electron chi connectivity index (χ4n) is 1.39. The van der Waals surface area contributed by atoms with E-state index in [9.17, 15) is 13.2 Å². The lowest BCUT2D eigenvalue weighted by atomic mass is 9.86. The summed E-state index contributed by atoms with van der Waals surface area (Å²) in [5.41, 5.74) is -0.356. The molecule has 18 heavy (non-hydrogen) atoms. The van der Waals surface area contributed by atoms with Gasteiger partial charge in [0, 0.05) is 12.6 Å². The average Bonchev–Trinajstić information content (AvgIpc) is 2.25. The molecule has 7 heteroatoms. The quantitative estimate of drug-likeness (QED) is 0.681. The van der Waals surface area contributed by atoms with E-state index in [1.54, 1.807) is 0 Å². The molecule has 2 unspecified atom stereocenters. The van der Waals surface area contributed by atoms with Gasteiger partial charge in [-0.3, -0.25) is 4.79 Å². The highest BCUT2D eigenvalue weighted by Gasteiger charge is 2.34. The number of esters is 1. The highest BCUT2D eigenvalue weighted by Crippen LogP contribution is 2.23. The Morgan fingerprint density at radius 1 is 1.39 bits per heavy atom. The second kappa shape index (κ2) is 6.49. The van der Waals surface area contributed by atoms with Crippen molar-refractivity contribution in [2.24, 2.45) is 5.41 Å². The molecule has 0 aromatic heterocycles. The summed E-state index contributed by atoms with van der Waals surface area (Å²) in [5.74, 6) is -0.806. The summed E-state index contributed by atoms with van der Waals surface area (Å²) in [5, 5.41) is 7.69. The van der Waals surface area contributed by atoms with Gasteiger partial charge in [-0.25, -0.2) is 13.1 Å². The third kappa shape index (κ3) is 4.91. The first kappa shape index (κ1) is 17.3. The Bertz CT molecular complexity index is 371. The lowest BCUT2D eigenvalue weighted by Gasteiger charge is -2.31. The number of ether oxygens (including phenoxy) is 1. The van der Waals surface area contributed by atoms with Crippen LogP contribution in [0.4, 0.5) is 0 Å². The van der Waals surface area contributed by atoms with Crippen molar-refractivity contribution in [3.63, 3.8) is 0 Å². The maximum atomic E-state index is 12.0. The normalized spacial score (nSPS) is 16.1. The van der Waals surface area contributed by atoms with Gasteiger partial charge in [0.25, 0.3) is 0 Å². The summed E-state index contributed by atoms with van der Waals surface area (Å²) in [7, 11) is -2.67. The van der Waals surface area contributed by atoms with Crippen LogP contribution in [0, 0.1) is 5.41 Å². The molecule has 0 aliphatic heterocycles. The van der Waals surface area contributed by atoms with E-state index in [1.165, 1.54) is 6.92 Å². The molecule has 0 aromatic rings. The predicted octanol–water partition coefficient (Wildman–Crippen LogP) is 0.264. The van der Waals surface area contributed by atoms with Crippen LogP contribution >= 0.6 is 0 Å². The van der Waals surface area contributed by atoms with Crippen molar-refractivity contribution in [2.75, 3.05) is 13.7 Å². The Hall–Kier alpha value is -0.660. The highest BCUT2D eigenvalue weighted by molar-refractivity contribution is 7.90. The number of aliphatic hydroxyl groups excluding tert-OH is 1. The second-order valence-corrected chi connectivity index (χ2v) is 7.29. The molecule has 108 valence electrons. The monoisotopic (exact) mass is 281 g/mol. The molecular formula is C11H23NO5S. The van der Waals surface area contributed by atoms with Crippen LogP contribution in [-0.4, -0.2) is 44.5 Å². The third-order valence-corrected chi connectivity index (χ3v) is 4.50. The number of carbonyl (C=O) groups excluding carboxylic acids is 1. The van der Waals surface area contributed by atoms with Crippen LogP contribution in [0.5, 0.6) is 0 Å². The lowest BCUT2D eigenvalue weighted by molar-refractivity contribution is -0.139. The van der Waals surface area contributed by atoms with Crippen molar-refractivity contribution in [3.05, 3.63) is 0 Å². The Morgan fingerprint density at radius 3 is 2.22 bits per heavy atom. The number of nitrogens with one attached hydrogen (secondary N) is 1. The average molecular weight is 281 g/mol. The second-order valence-electron chi connectivity index (χ2n) is 5.26. The predicted molar refractivity (Wildman–Crippen MR) is 68.5 cm³/mol. The van der Waals surface area contributed by atoms with Crippen LogP contribution in [-0.2, 0) is 19.6 Å². The number of rotatable bonds is 6. The molecule has 0 amide bonds. The Labute approximate surface area is 109 Å². The first-order valence-corrected chi connectivity index (χ1v) is 7.30. The molecule has 0 saturated carbocycles. The minimum absolute atomic E-state index is 0.128. The van der Waals surface area contributed by atoms with E-state index in [0.717, 1.165) is 7.11 Å². The maximum absolute atomic E-state index is 12.0. The molecule has 0 rings (SSSR count). The van der Waals surface area contributed by atoms with Gasteiger partial charge in [-0.15, -0.1) is 0 Å². The molecule has 0 aliphatic rings. The summed E-state index contributed by atoms with van der Waals surface area (Å²) >= 11 is 0. The molecular weight excluding hydrogens is 258 g/mol. The van der Waals surface area contributed by atoms with Gasteiger partial charge in [-0.05, 0) is 18.8 Å². The molecule has 0 fully saturated rings. The third-order valence-electron chi connectivity index (χ3n) is 2.77. The fourth-order valence-corrected chi connectivity index (χ4v) is 2.81. The zero-order chi connectivity index (χ0) is 14.6. The van der Waals surface area contributed by atoms with Crippen molar-refractivity contribution in [1.29, 1.82) is 0 Å². The minimum Gasteiger partial charge on any atom is -0.468 e. The smallest absolute Gasteiger partial charge is 0.325 e. The molecule has 0 bridgehead atoms. The first-order valence-electron chi connectivity index (χ1n) is 5.76. The van der Waals surface area contributed by atoms with Crippen LogP contribution < -0.4 is 4.72 Å². The van der Waals surface area contributed by atoms with Crippen molar-refractivity contribution in [3.8, 4) is 0 Å². The van der Waals surface area contributed by atoms with Gasteiger partial charge in [0.15, 0.2) is 5.25 Å². The van der Waals surface area contributed by atoms with Gasteiger partial charge in [0.2, 0.25) is 10.0 Å². The number of sulfonamides is 1. The first-order chi connectivity index (χ1) is 8.06. The molecule has 0 spiro atoms. The van der Waals surface area contributed by atoms with Crippen LogP contribution in [0.2, 0.25) is 0 Å². The summed E-state index contributed by atoms with van der Waals surface area (Å²) in [6.45, 7) is 6.72. The van der Waals surface area contributed by atoms with Gasteiger partial charge in [-0.1, -0.05) is 20.8 Å². The SMILES string of the molecule is COC(=O)C(C)S(=O)(=O)NC(CCO)C(C)(C)C. The van der Waals surface area contributed by atoms with Gasteiger partial charge in [0.1, 0.15) is 0 Å². The van der Waals surface area contributed by atoms with Crippen LogP contribution in [0.25, 0.3) is 0 Å². The van der Waals surface area contributed by atoms with E-state index in [4.69, 9.17) is 5.11 Å². The molecule has 0 aromatic carbocycles. The van der Waals surface area contributed by atoms with Gasteiger partial charge >= 0.3 is 5.97 Å². The summed E-state index contributed by atoms with van der Waals surface area (Å²) < 4.78 is 30.8. The molecule has 2 N–H and O–H groups in total. The number of carbonyl (C=O) groups is 1. The number of hydrogen-bond donors (Lipinski definition) is 2.